The molecule has 2 aromatic rings. The van der Waals surface area contributed by atoms with E-state index < -0.39 is 0 Å². The van der Waals surface area contributed by atoms with Crippen LogP contribution in [-0.4, -0.2) is 0 Å². The molecule has 1 atom stereocenters. The smallest absolute Gasteiger partial charge is 0.0646 e. The van der Waals surface area contributed by atoms with Crippen molar-refractivity contribution < 1.29 is 0 Å². The summed E-state index contributed by atoms with van der Waals surface area (Å²) in [6.45, 7) is 2.12. The van der Waals surface area contributed by atoms with Crippen molar-refractivity contribution in [3.63, 3.8) is 0 Å². The summed E-state index contributed by atoms with van der Waals surface area (Å²) in [5, 5.41) is 2.10. The van der Waals surface area contributed by atoms with Gasteiger partial charge in [0.15, 0.2) is 0 Å². The lowest BCUT2D eigenvalue weighted by atomic mass is 10.1. The largest absolute Gasteiger partial charge is 0.324 e. The average Bonchev–Trinajstić information content (AvgIpc) is 2.82. The van der Waals surface area contributed by atoms with Gasteiger partial charge in [-0.1, -0.05) is 43.0 Å². The first-order valence-electron chi connectivity index (χ1n) is 5.37. The van der Waals surface area contributed by atoms with Crippen LogP contribution in [0.2, 0.25) is 0 Å². The quantitative estimate of drug-likeness (QED) is 0.873. The van der Waals surface area contributed by atoms with Crippen molar-refractivity contribution in [3.05, 3.63) is 47.3 Å². The Balaban J connectivity index is 2.26. The second-order valence-electron chi connectivity index (χ2n) is 3.59. The van der Waals surface area contributed by atoms with Crippen LogP contribution in [0.3, 0.4) is 0 Å². The minimum Gasteiger partial charge on any atom is -0.324 e. The maximum Gasteiger partial charge on any atom is 0.0646 e. The highest BCUT2D eigenvalue weighted by molar-refractivity contribution is 8.01. The van der Waals surface area contributed by atoms with Gasteiger partial charge in [-0.05, 0) is 29.5 Å². The van der Waals surface area contributed by atoms with Crippen LogP contribution in [0.1, 0.15) is 24.9 Å². The van der Waals surface area contributed by atoms with Gasteiger partial charge in [-0.3, -0.25) is 0 Å². The lowest BCUT2D eigenvalue weighted by Gasteiger charge is -2.13. The van der Waals surface area contributed by atoms with Gasteiger partial charge in [0.05, 0.1) is 4.21 Å². The number of benzene rings is 1. The van der Waals surface area contributed by atoms with Gasteiger partial charge < -0.3 is 5.73 Å². The molecule has 16 heavy (non-hydrogen) atoms. The Morgan fingerprint density at radius 1 is 1.25 bits per heavy atom. The van der Waals surface area contributed by atoms with Crippen LogP contribution < -0.4 is 5.73 Å². The van der Waals surface area contributed by atoms with Crippen molar-refractivity contribution in [2.45, 2.75) is 28.5 Å². The van der Waals surface area contributed by atoms with Gasteiger partial charge in [-0.2, -0.15) is 0 Å². The Bertz CT molecular complexity index is 437. The molecule has 84 valence electrons. The van der Waals surface area contributed by atoms with E-state index in [-0.39, 0.29) is 6.04 Å². The molecular weight excluding hydrogens is 234 g/mol. The van der Waals surface area contributed by atoms with Gasteiger partial charge in [-0.15, -0.1) is 11.3 Å². The van der Waals surface area contributed by atoms with Crippen molar-refractivity contribution in [2.75, 3.05) is 0 Å². The zero-order chi connectivity index (χ0) is 11.4. The third kappa shape index (κ3) is 2.67. The molecule has 3 heteroatoms. The van der Waals surface area contributed by atoms with Gasteiger partial charge in [0.1, 0.15) is 0 Å². The first-order chi connectivity index (χ1) is 7.81. The first kappa shape index (κ1) is 11.7. The predicted octanol–water partition coefficient (Wildman–Crippen LogP) is 4.31. The number of rotatable bonds is 4. The van der Waals surface area contributed by atoms with E-state index in [0.717, 1.165) is 6.42 Å². The van der Waals surface area contributed by atoms with Gasteiger partial charge in [0.2, 0.25) is 0 Å². The molecule has 0 unspecified atom stereocenters. The van der Waals surface area contributed by atoms with E-state index in [0.29, 0.717) is 0 Å². The highest BCUT2D eigenvalue weighted by Gasteiger charge is 2.09. The number of hydrogen-bond donors (Lipinski definition) is 1. The van der Waals surface area contributed by atoms with Gasteiger partial charge in [0, 0.05) is 10.9 Å². The van der Waals surface area contributed by atoms with Crippen molar-refractivity contribution in [1.82, 2.24) is 0 Å². The van der Waals surface area contributed by atoms with Crippen LogP contribution in [0.25, 0.3) is 0 Å². The third-order valence-electron chi connectivity index (χ3n) is 2.46. The molecule has 1 aromatic heterocycles. The molecule has 0 aliphatic rings. The monoisotopic (exact) mass is 249 g/mol. The molecule has 0 saturated heterocycles. The summed E-state index contributed by atoms with van der Waals surface area (Å²) < 4.78 is 1.32. The molecule has 0 spiro atoms. The Morgan fingerprint density at radius 2 is 2.06 bits per heavy atom. The fourth-order valence-electron chi connectivity index (χ4n) is 1.53. The van der Waals surface area contributed by atoms with Gasteiger partial charge in [0.25, 0.3) is 0 Å². The molecule has 0 aliphatic carbocycles. The minimum absolute atomic E-state index is 0.142. The maximum atomic E-state index is 6.11. The van der Waals surface area contributed by atoms with Crippen molar-refractivity contribution in [2.24, 2.45) is 5.73 Å². The summed E-state index contributed by atoms with van der Waals surface area (Å²) >= 11 is 3.57. The SMILES string of the molecule is CC[C@@H](N)c1ccccc1Sc1cccs1. The van der Waals surface area contributed by atoms with E-state index >= 15 is 0 Å². The molecule has 0 radical (unpaired) electrons. The van der Waals surface area contributed by atoms with E-state index in [1.807, 2.05) is 0 Å². The summed E-state index contributed by atoms with van der Waals surface area (Å²) in [6, 6.07) is 12.8. The minimum atomic E-state index is 0.142. The standard InChI is InChI=1S/C13H15NS2/c1-2-11(14)10-6-3-4-7-12(10)16-13-8-5-9-15-13/h3-9,11H,2,14H2,1H3/t11-/m1/s1. The molecule has 2 N–H and O–H groups in total. The van der Waals surface area contributed by atoms with E-state index in [9.17, 15) is 0 Å². The Labute approximate surface area is 105 Å². The average molecular weight is 249 g/mol. The summed E-state index contributed by atoms with van der Waals surface area (Å²) in [7, 11) is 0. The lowest BCUT2D eigenvalue weighted by Crippen LogP contribution is -2.09. The number of hydrogen-bond acceptors (Lipinski definition) is 3. The molecule has 1 nitrogen and oxygen atoms in total. The Morgan fingerprint density at radius 3 is 2.75 bits per heavy atom. The molecule has 1 aromatic carbocycles. The fraction of sp³-hybridized carbons (Fsp3) is 0.231. The number of thiophene rings is 1. The zero-order valence-corrected chi connectivity index (χ0v) is 10.9. The van der Waals surface area contributed by atoms with Crippen molar-refractivity contribution in [3.8, 4) is 0 Å². The van der Waals surface area contributed by atoms with Crippen LogP contribution in [-0.2, 0) is 0 Å². The molecular formula is C13H15NS2. The lowest BCUT2D eigenvalue weighted by molar-refractivity contribution is 0.686. The summed E-state index contributed by atoms with van der Waals surface area (Å²) in [6.07, 6.45) is 0.974. The van der Waals surface area contributed by atoms with Crippen LogP contribution in [0, 0.1) is 0 Å². The topological polar surface area (TPSA) is 26.0 Å². The van der Waals surface area contributed by atoms with Crippen LogP contribution in [0.15, 0.2) is 50.9 Å². The third-order valence-corrected chi connectivity index (χ3v) is 4.59. The van der Waals surface area contributed by atoms with E-state index in [2.05, 4.69) is 48.7 Å². The van der Waals surface area contributed by atoms with E-state index in [1.165, 1.54) is 14.7 Å². The van der Waals surface area contributed by atoms with Crippen molar-refractivity contribution in [1.29, 1.82) is 0 Å². The second-order valence-corrected chi connectivity index (χ2v) is 5.88. The van der Waals surface area contributed by atoms with Gasteiger partial charge in [-0.25, -0.2) is 0 Å². The summed E-state index contributed by atoms with van der Waals surface area (Å²) in [4.78, 5) is 1.28. The van der Waals surface area contributed by atoms with Crippen LogP contribution in [0.4, 0.5) is 0 Å². The molecule has 0 bridgehead atoms. The maximum absolute atomic E-state index is 6.11. The van der Waals surface area contributed by atoms with E-state index in [4.69, 9.17) is 5.73 Å². The Hall–Kier alpha value is -0.770. The van der Waals surface area contributed by atoms with Gasteiger partial charge >= 0.3 is 0 Å². The second kappa shape index (κ2) is 5.53. The molecule has 0 amide bonds. The first-order valence-corrected chi connectivity index (χ1v) is 7.06. The summed E-state index contributed by atoms with van der Waals surface area (Å²) in [5.41, 5.74) is 7.37. The fourth-order valence-corrected chi connectivity index (χ4v) is 3.45. The molecule has 0 fully saturated rings. The highest BCUT2D eigenvalue weighted by atomic mass is 32.2. The van der Waals surface area contributed by atoms with Crippen molar-refractivity contribution >= 4 is 23.1 Å². The molecule has 0 aliphatic heterocycles. The molecule has 2 rings (SSSR count). The summed E-state index contributed by atoms with van der Waals surface area (Å²) in [5.74, 6) is 0. The molecule has 1 heterocycles. The normalized spacial score (nSPS) is 12.6. The highest BCUT2D eigenvalue weighted by Crippen LogP contribution is 2.35. The Kier molecular flexibility index (Phi) is 4.04. The van der Waals surface area contributed by atoms with E-state index in [1.54, 1.807) is 23.1 Å². The van der Waals surface area contributed by atoms with Crippen LogP contribution >= 0.6 is 23.1 Å². The molecule has 0 saturated carbocycles. The number of nitrogens with two attached hydrogens (primary N) is 1. The van der Waals surface area contributed by atoms with Crippen LogP contribution in [0.5, 0.6) is 0 Å². The zero-order valence-electron chi connectivity index (χ0n) is 9.22. The predicted molar refractivity (Wildman–Crippen MR) is 72.1 cm³/mol.